The summed E-state index contributed by atoms with van der Waals surface area (Å²) in [6, 6.07) is 17.7. The van der Waals surface area contributed by atoms with Crippen molar-refractivity contribution in [1.29, 1.82) is 0 Å². The number of aromatic nitrogens is 3. The van der Waals surface area contributed by atoms with Gasteiger partial charge in [-0.3, -0.25) is 14.9 Å². The summed E-state index contributed by atoms with van der Waals surface area (Å²) in [6.07, 6.45) is 0. The van der Waals surface area contributed by atoms with Crippen molar-refractivity contribution in [2.24, 2.45) is 0 Å². The van der Waals surface area contributed by atoms with Crippen molar-refractivity contribution in [3.05, 3.63) is 71.9 Å². The van der Waals surface area contributed by atoms with Crippen LogP contribution < -0.4 is 16.4 Å². The van der Waals surface area contributed by atoms with Gasteiger partial charge in [-0.1, -0.05) is 24.3 Å². The number of nitrogens with one attached hydrogen (secondary N) is 3. The van der Waals surface area contributed by atoms with Crippen LogP contribution in [-0.4, -0.2) is 32.8 Å². The van der Waals surface area contributed by atoms with Crippen molar-refractivity contribution in [1.82, 2.24) is 20.3 Å². The molecule has 0 saturated heterocycles. The summed E-state index contributed by atoms with van der Waals surface area (Å²) in [5.74, 6) is -0.391. The first-order chi connectivity index (χ1) is 14.9. The van der Waals surface area contributed by atoms with E-state index in [1.54, 1.807) is 42.5 Å². The van der Waals surface area contributed by atoms with Crippen molar-refractivity contribution in [2.75, 3.05) is 11.1 Å². The van der Waals surface area contributed by atoms with Gasteiger partial charge in [0.05, 0.1) is 22.3 Å². The third-order valence-electron chi connectivity index (χ3n) is 4.58. The Morgan fingerprint density at radius 3 is 2.52 bits per heavy atom. The lowest BCUT2D eigenvalue weighted by Crippen LogP contribution is -2.30. The maximum atomic E-state index is 12.8. The third-order valence-corrected chi connectivity index (χ3v) is 4.58. The second-order valence-electron chi connectivity index (χ2n) is 7.40. The van der Waals surface area contributed by atoms with Gasteiger partial charge in [0.25, 0.3) is 11.8 Å². The number of H-pyrrole nitrogens is 1. The zero-order valence-electron chi connectivity index (χ0n) is 17.1. The number of anilines is 2. The van der Waals surface area contributed by atoms with Gasteiger partial charge < -0.3 is 16.0 Å². The molecule has 0 aliphatic heterocycles. The fraction of sp³-hybridized carbons (Fsp3) is 0.130. The quantitative estimate of drug-likeness (QED) is 0.371. The molecule has 2 heterocycles. The van der Waals surface area contributed by atoms with Gasteiger partial charge in [-0.25, -0.2) is 9.97 Å². The molecule has 2 aromatic heterocycles. The first kappa shape index (κ1) is 20.1. The molecule has 8 heteroatoms. The number of benzene rings is 2. The number of para-hydroxylation sites is 1. The Morgan fingerprint density at radius 1 is 0.968 bits per heavy atom. The second-order valence-corrected chi connectivity index (χ2v) is 7.40. The molecule has 0 spiro atoms. The third kappa shape index (κ3) is 4.37. The summed E-state index contributed by atoms with van der Waals surface area (Å²) >= 11 is 0. The van der Waals surface area contributed by atoms with E-state index in [4.69, 9.17) is 5.73 Å². The van der Waals surface area contributed by atoms with Crippen molar-refractivity contribution in [3.63, 3.8) is 0 Å². The zero-order chi connectivity index (χ0) is 22.0. The molecule has 2 aromatic carbocycles. The minimum Gasteiger partial charge on any atom is -0.399 e. The van der Waals surface area contributed by atoms with Crippen molar-refractivity contribution >= 4 is 34.5 Å². The van der Waals surface area contributed by atoms with Gasteiger partial charge in [0.2, 0.25) is 5.95 Å². The molecule has 0 saturated carbocycles. The fourth-order valence-electron chi connectivity index (χ4n) is 3.21. The Hall–Kier alpha value is -4.20. The van der Waals surface area contributed by atoms with E-state index in [9.17, 15) is 9.59 Å². The van der Waals surface area contributed by atoms with Crippen LogP contribution in [0.4, 0.5) is 11.6 Å². The number of nitrogens with zero attached hydrogens (tertiary/aromatic N) is 2. The summed E-state index contributed by atoms with van der Waals surface area (Å²) < 4.78 is 0. The van der Waals surface area contributed by atoms with E-state index < -0.39 is 5.91 Å². The molecule has 156 valence electrons. The highest BCUT2D eigenvalue weighted by Crippen LogP contribution is 2.21. The monoisotopic (exact) mass is 414 g/mol. The van der Waals surface area contributed by atoms with Gasteiger partial charge >= 0.3 is 0 Å². The molecule has 0 aliphatic carbocycles. The van der Waals surface area contributed by atoms with Crippen LogP contribution in [0.5, 0.6) is 0 Å². The maximum Gasteiger partial charge on any atom is 0.276 e. The number of hydrogen-bond donors (Lipinski definition) is 4. The number of rotatable bonds is 5. The Labute approximate surface area is 178 Å². The number of nitrogen functional groups attached to an aromatic ring is 1. The van der Waals surface area contributed by atoms with Crippen LogP contribution in [0.1, 0.15) is 34.7 Å². The molecular formula is C23H22N6O2. The van der Waals surface area contributed by atoms with Gasteiger partial charge in [-0.05, 0) is 50.2 Å². The largest absolute Gasteiger partial charge is 0.399 e. The number of hydrogen-bond acceptors (Lipinski definition) is 5. The highest BCUT2D eigenvalue weighted by Gasteiger charge is 2.16. The molecule has 4 aromatic rings. The number of carbonyl (C=O) groups excluding carboxylic acids is 2. The molecule has 8 nitrogen and oxygen atoms in total. The molecule has 2 amide bonds. The Balaban J connectivity index is 1.59. The highest BCUT2D eigenvalue weighted by molar-refractivity contribution is 6.07. The molecule has 4 rings (SSSR count). The predicted molar refractivity (Wildman–Crippen MR) is 121 cm³/mol. The van der Waals surface area contributed by atoms with Crippen LogP contribution in [0.2, 0.25) is 0 Å². The van der Waals surface area contributed by atoms with E-state index >= 15 is 0 Å². The maximum absolute atomic E-state index is 12.8. The van der Waals surface area contributed by atoms with E-state index in [1.165, 1.54) is 0 Å². The summed E-state index contributed by atoms with van der Waals surface area (Å²) in [5.41, 5.74) is 9.74. The summed E-state index contributed by atoms with van der Waals surface area (Å²) in [4.78, 5) is 37.1. The van der Waals surface area contributed by atoms with Crippen molar-refractivity contribution in [2.45, 2.75) is 19.9 Å². The topological polar surface area (TPSA) is 126 Å². The lowest BCUT2D eigenvalue weighted by molar-refractivity contribution is 0.0944. The van der Waals surface area contributed by atoms with Crippen LogP contribution in [0.25, 0.3) is 22.3 Å². The van der Waals surface area contributed by atoms with Crippen LogP contribution in [0, 0.1) is 0 Å². The number of imidazole rings is 1. The summed E-state index contributed by atoms with van der Waals surface area (Å²) in [5, 5.41) is 5.58. The molecule has 0 atom stereocenters. The average Bonchev–Trinajstić information content (AvgIpc) is 3.15. The molecule has 0 radical (unpaired) electrons. The van der Waals surface area contributed by atoms with Crippen molar-refractivity contribution in [3.8, 4) is 11.3 Å². The summed E-state index contributed by atoms with van der Waals surface area (Å²) in [6.45, 7) is 3.78. The SMILES string of the molecule is CC(C)NC(=O)c1cccc2nc(NC(=O)c3cccc(-c4cccc(N)c4)n3)[nH]c12. The molecule has 0 fully saturated rings. The van der Waals surface area contributed by atoms with Crippen LogP contribution in [0.15, 0.2) is 60.7 Å². The van der Waals surface area contributed by atoms with Gasteiger partial charge in [0, 0.05) is 17.3 Å². The fourth-order valence-corrected chi connectivity index (χ4v) is 3.21. The Bertz CT molecular complexity index is 1280. The van der Waals surface area contributed by atoms with Gasteiger partial charge in [-0.2, -0.15) is 0 Å². The number of aromatic amines is 1. The minimum atomic E-state index is -0.419. The zero-order valence-corrected chi connectivity index (χ0v) is 17.1. The van der Waals surface area contributed by atoms with Gasteiger partial charge in [0.15, 0.2) is 0 Å². The molecular weight excluding hydrogens is 392 g/mol. The lowest BCUT2D eigenvalue weighted by Gasteiger charge is -2.08. The van der Waals surface area contributed by atoms with Crippen molar-refractivity contribution < 1.29 is 9.59 Å². The van der Waals surface area contributed by atoms with Gasteiger partial charge in [0.1, 0.15) is 5.69 Å². The first-order valence-corrected chi connectivity index (χ1v) is 9.84. The molecule has 0 aliphatic rings. The van der Waals surface area contributed by atoms with E-state index in [1.807, 2.05) is 32.0 Å². The number of carbonyl (C=O) groups is 2. The average molecular weight is 414 g/mol. The standard InChI is InChI=1S/C23H22N6O2/c1-13(2)25-21(30)16-8-4-10-18-20(16)28-23(27-18)29-22(31)19-11-5-9-17(26-19)14-6-3-7-15(24)12-14/h3-13H,24H2,1-2H3,(H,25,30)(H2,27,28,29,31). The Kier molecular flexibility index (Phi) is 5.36. The normalized spacial score (nSPS) is 10.9. The second kappa shape index (κ2) is 8.27. The number of fused-ring (bicyclic) bond motifs is 1. The Morgan fingerprint density at radius 2 is 1.74 bits per heavy atom. The first-order valence-electron chi connectivity index (χ1n) is 9.84. The summed E-state index contributed by atoms with van der Waals surface area (Å²) in [7, 11) is 0. The predicted octanol–water partition coefficient (Wildman–Crippen LogP) is 3.60. The van der Waals surface area contributed by atoms with Gasteiger partial charge in [-0.15, -0.1) is 0 Å². The molecule has 0 bridgehead atoms. The lowest BCUT2D eigenvalue weighted by atomic mass is 10.1. The number of pyridine rings is 1. The molecule has 5 N–H and O–H groups in total. The van der Waals surface area contributed by atoms with E-state index in [0.717, 1.165) is 5.56 Å². The molecule has 0 unspecified atom stereocenters. The minimum absolute atomic E-state index is 0.00293. The van der Waals surface area contributed by atoms with E-state index in [-0.39, 0.29) is 23.6 Å². The van der Waals surface area contributed by atoms with E-state index in [0.29, 0.717) is 28.0 Å². The van der Waals surface area contributed by atoms with Crippen LogP contribution in [0.3, 0.4) is 0 Å². The number of nitrogens with two attached hydrogens (primary N) is 1. The highest BCUT2D eigenvalue weighted by atomic mass is 16.2. The van der Waals surface area contributed by atoms with E-state index in [2.05, 4.69) is 25.6 Å². The molecule has 31 heavy (non-hydrogen) atoms. The van der Waals surface area contributed by atoms with Crippen LogP contribution >= 0.6 is 0 Å². The van der Waals surface area contributed by atoms with Crippen LogP contribution in [-0.2, 0) is 0 Å². The number of amides is 2. The smallest absolute Gasteiger partial charge is 0.276 e.